The van der Waals surface area contributed by atoms with Gasteiger partial charge in [-0.15, -0.1) is 0 Å². The van der Waals surface area contributed by atoms with E-state index in [2.05, 4.69) is 17.1 Å². The summed E-state index contributed by atoms with van der Waals surface area (Å²) < 4.78 is 17.3. The molecule has 0 bridgehead atoms. The van der Waals surface area contributed by atoms with E-state index in [1.807, 2.05) is 86.6 Å². The lowest BCUT2D eigenvalue weighted by molar-refractivity contribution is 0.142. The highest BCUT2D eigenvalue weighted by Crippen LogP contribution is 2.39. The fraction of sp³-hybridized carbons (Fsp3) is 0.194. The first kappa shape index (κ1) is 24.3. The van der Waals surface area contributed by atoms with Crippen LogP contribution in [0.5, 0.6) is 17.4 Å². The molecule has 0 spiro atoms. The van der Waals surface area contributed by atoms with E-state index in [1.165, 1.54) is 0 Å². The first-order chi connectivity index (χ1) is 18.0. The van der Waals surface area contributed by atoms with Crippen molar-refractivity contribution in [3.63, 3.8) is 0 Å². The minimum absolute atomic E-state index is 0.0206. The molecule has 188 valence electrons. The van der Waals surface area contributed by atoms with Crippen LogP contribution in [0.1, 0.15) is 25.8 Å². The van der Waals surface area contributed by atoms with Crippen LogP contribution in [0.15, 0.2) is 84.9 Å². The summed E-state index contributed by atoms with van der Waals surface area (Å²) in [6.07, 6.45) is -0.0678. The smallest absolute Gasteiger partial charge is 0.493 e. The molecule has 0 aliphatic carbocycles. The maximum Gasteiger partial charge on any atom is 0.512 e. The molecule has 0 unspecified atom stereocenters. The first-order valence-corrected chi connectivity index (χ1v) is 12.4. The van der Waals surface area contributed by atoms with Gasteiger partial charge in [0.15, 0.2) is 0 Å². The predicted molar refractivity (Wildman–Crippen MR) is 146 cm³/mol. The van der Waals surface area contributed by atoms with Gasteiger partial charge in [0.2, 0.25) is 5.88 Å². The fourth-order valence-corrected chi connectivity index (χ4v) is 4.70. The van der Waals surface area contributed by atoms with Gasteiger partial charge in [-0.2, -0.15) is 0 Å². The average Bonchev–Trinajstić information content (AvgIpc) is 3.23. The molecule has 0 fully saturated rings. The lowest BCUT2D eigenvalue weighted by Crippen LogP contribution is -2.06. The molecule has 0 saturated heterocycles. The molecule has 5 rings (SSSR count). The molecular weight excluding hydrogens is 466 g/mol. The molecule has 5 aromatic rings. The summed E-state index contributed by atoms with van der Waals surface area (Å²) in [6.45, 7) is 4.46. The van der Waals surface area contributed by atoms with Crippen molar-refractivity contribution >= 4 is 27.8 Å². The van der Waals surface area contributed by atoms with Crippen LogP contribution < -0.4 is 14.2 Å². The van der Waals surface area contributed by atoms with E-state index in [0.29, 0.717) is 19.4 Å². The van der Waals surface area contributed by atoms with E-state index in [-0.39, 0.29) is 12.0 Å². The minimum atomic E-state index is -1.36. The van der Waals surface area contributed by atoms with Gasteiger partial charge in [0.1, 0.15) is 11.5 Å². The van der Waals surface area contributed by atoms with E-state index in [1.54, 1.807) is 0 Å². The molecule has 0 aliphatic heterocycles. The minimum Gasteiger partial charge on any atom is -0.493 e. The number of H-pyrrole nitrogens is 1. The maximum atomic E-state index is 11.5. The van der Waals surface area contributed by atoms with E-state index in [0.717, 1.165) is 49.9 Å². The predicted octanol–water partition coefficient (Wildman–Crippen LogP) is 7.84. The summed E-state index contributed by atoms with van der Waals surface area (Å²) >= 11 is 0. The summed E-state index contributed by atoms with van der Waals surface area (Å²) in [5.74, 6) is 1.84. The quantitative estimate of drug-likeness (QED) is 0.161. The number of carbonyl (C=O) groups is 1. The van der Waals surface area contributed by atoms with Crippen molar-refractivity contribution in [3.05, 3.63) is 90.5 Å². The average molecular weight is 496 g/mol. The zero-order chi connectivity index (χ0) is 25.8. The van der Waals surface area contributed by atoms with Crippen LogP contribution in [-0.2, 0) is 6.42 Å². The van der Waals surface area contributed by atoms with Crippen LogP contribution in [-0.4, -0.2) is 29.0 Å². The number of aromatic nitrogens is 1. The van der Waals surface area contributed by atoms with E-state index >= 15 is 0 Å². The Balaban J connectivity index is 1.44. The second-order valence-corrected chi connectivity index (χ2v) is 9.12. The molecule has 0 saturated carbocycles. The zero-order valence-corrected chi connectivity index (χ0v) is 20.9. The second kappa shape index (κ2) is 10.7. The summed E-state index contributed by atoms with van der Waals surface area (Å²) in [5, 5.41) is 12.5. The highest BCUT2D eigenvalue weighted by Gasteiger charge is 2.19. The number of aromatic amines is 1. The summed E-state index contributed by atoms with van der Waals surface area (Å²) in [5.41, 5.74) is 3.46. The first-order valence-electron chi connectivity index (χ1n) is 12.4. The van der Waals surface area contributed by atoms with E-state index in [9.17, 15) is 9.90 Å². The van der Waals surface area contributed by atoms with Crippen LogP contribution in [0.25, 0.3) is 32.8 Å². The van der Waals surface area contributed by atoms with Crippen LogP contribution in [0.2, 0.25) is 0 Å². The normalized spacial score (nSPS) is 11.2. The zero-order valence-electron chi connectivity index (χ0n) is 20.9. The lowest BCUT2D eigenvalue weighted by atomic mass is 10.00. The van der Waals surface area contributed by atoms with Gasteiger partial charge in [0.05, 0.1) is 18.2 Å². The van der Waals surface area contributed by atoms with Crippen LogP contribution in [0.4, 0.5) is 4.79 Å². The highest BCUT2D eigenvalue weighted by atomic mass is 16.7. The number of aryl methyl sites for hydroxylation is 1. The van der Waals surface area contributed by atoms with Crippen molar-refractivity contribution in [2.75, 3.05) is 6.61 Å². The van der Waals surface area contributed by atoms with Crippen LogP contribution >= 0.6 is 0 Å². The van der Waals surface area contributed by atoms with Crippen molar-refractivity contribution in [2.45, 2.75) is 32.8 Å². The molecule has 0 aliphatic rings. The molecule has 1 heterocycles. The van der Waals surface area contributed by atoms with Gasteiger partial charge >= 0.3 is 6.16 Å². The Morgan fingerprint density at radius 2 is 1.51 bits per heavy atom. The number of rotatable bonds is 9. The summed E-state index contributed by atoms with van der Waals surface area (Å²) in [7, 11) is 0. The Morgan fingerprint density at radius 3 is 2.35 bits per heavy atom. The Kier molecular flexibility index (Phi) is 6.99. The lowest BCUT2D eigenvalue weighted by Gasteiger charge is -2.15. The molecule has 6 heteroatoms. The molecule has 2 N–H and O–H groups in total. The van der Waals surface area contributed by atoms with Gasteiger partial charge in [-0.05, 0) is 44.2 Å². The van der Waals surface area contributed by atoms with Gasteiger partial charge in [-0.25, -0.2) is 4.79 Å². The SMILES string of the molecule is CC(C)Oc1ccccc1-c1cccc2c(CCCOc3cccc4ccccc34)c(OC(=O)O)[nH]c12. The molecule has 0 radical (unpaired) electrons. The largest absolute Gasteiger partial charge is 0.512 e. The Morgan fingerprint density at radius 1 is 0.838 bits per heavy atom. The highest BCUT2D eigenvalue weighted by molar-refractivity contribution is 5.99. The molecular formula is C31H29NO5. The number of fused-ring (bicyclic) bond motifs is 2. The molecule has 0 atom stereocenters. The van der Waals surface area contributed by atoms with E-state index < -0.39 is 6.16 Å². The monoisotopic (exact) mass is 495 g/mol. The Labute approximate surface area is 215 Å². The molecule has 4 aromatic carbocycles. The van der Waals surface area contributed by atoms with Crippen LogP contribution in [0.3, 0.4) is 0 Å². The fourth-order valence-electron chi connectivity index (χ4n) is 4.70. The number of carboxylic acid groups (broad SMARTS) is 1. The molecule has 37 heavy (non-hydrogen) atoms. The molecule has 0 amide bonds. The second-order valence-electron chi connectivity index (χ2n) is 9.12. The van der Waals surface area contributed by atoms with Gasteiger partial charge < -0.3 is 24.3 Å². The van der Waals surface area contributed by atoms with Crippen LogP contribution in [0, 0.1) is 0 Å². The van der Waals surface area contributed by atoms with Gasteiger partial charge in [-0.3, -0.25) is 0 Å². The van der Waals surface area contributed by atoms with Gasteiger partial charge in [-0.1, -0.05) is 72.8 Å². The number of benzene rings is 4. The van der Waals surface area contributed by atoms with Crippen molar-refractivity contribution in [2.24, 2.45) is 0 Å². The summed E-state index contributed by atoms with van der Waals surface area (Å²) in [4.78, 5) is 14.7. The third-order valence-corrected chi connectivity index (χ3v) is 6.21. The van der Waals surface area contributed by atoms with Crippen molar-refractivity contribution in [3.8, 4) is 28.5 Å². The molecule has 6 nitrogen and oxygen atoms in total. The van der Waals surface area contributed by atoms with Crippen molar-refractivity contribution in [1.82, 2.24) is 4.98 Å². The third kappa shape index (κ3) is 5.23. The number of para-hydroxylation sites is 2. The Hall–Kier alpha value is -4.45. The topological polar surface area (TPSA) is 80.8 Å². The van der Waals surface area contributed by atoms with Crippen molar-refractivity contribution < 1.29 is 24.1 Å². The number of ether oxygens (including phenoxy) is 3. The molecule has 1 aromatic heterocycles. The Bertz CT molecular complexity index is 1550. The number of hydrogen-bond donors (Lipinski definition) is 2. The van der Waals surface area contributed by atoms with E-state index in [4.69, 9.17) is 14.2 Å². The summed E-state index contributed by atoms with van der Waals surface area (Å²) in [6, 6.07) is 27.9. The third-order valence-electron chi connectivity index (χ3n) is 6.21. The van der Waals surface area contributed by atoms with Gasteiger partial charge in [0, 0.05) is 27.5 Å². The maximum absolute atomic E-state index is 11.5. The number of nitrogens with one attached hydrogen (secondary N) is 1. The number of hydrogen-bond acceptors (Lipinski definition) is 4. The van der Waals surface area contributed by atoms with Gasteiger partial charge in [0.25, 0.3) is 0 Å². The van der Waals surface area contributed by atoms with Crippen molar-refractivity contribution in [1.29, 1.82) is 0 Å². The standard InChI is InChI=1S/C31H29NO5/c1-20(2)36-28-17-6-5-13-23(28)24-14-8-15-25-26(30(32-29(24)25)37-31(33)34)16-9-19-35-27-18-7-11-21-10-3-4-12-22(21)27/h3-8,10-15,17-18,20,32H,9,16,19H2,1-2H3,(H,33,34).